The van der Waals surface area contributed by atoms with Crippen LogP contribution in [0.15, 0.2) is 24.3 Å². The lowest BCUT2D eigenvalue weighted by Gasteiger charge is -2.31. The summed E-state index contributed by atoms with van der Waals surface area (Å²) < 4.78 is 0. The number of phenolic OH excluding ortho intramolecular Hbond substituents is 1. The summed E-state index contributed by atoms with van der Waals surface area (Å²) in [5, 5.41) is 48.4. The molecule has 56 heavy (non-hydrogen) atoms. The summed E-state index contributed by atoms with van der Waals surface area (Å²) in [7, 11) is 0. The van der Waals surface area contributed by atoms with Gasteiger partial charge in [0.15, 0.2) is 0 Å². The van der Waals surface area contributed by atoms with Gasteiger partial charge in [-0.1, -0.05) is 18.6 Å². The minimum atomic E-state index is -1.39. The van der Waals surface area contributed by atoms with Crippen LogP contribution >= 0.6 is 0 Å². The van der Waals surface area contributed by atoms with Crippen LogP contribution in [0, 0.1) is 0 Å². The van der Waals surface area contributed by atoms with E-state index in [-0.39, 0.29) is 50.9 Å². The number of amides is 5. The standard InChI is InChI=1S/C37H61N9O10/c38-14-4-1-7-26(41)35(53)45-20-24(48)18-30(45)33(51)42-27(8-2-5-15-39)32(50)43-28(9-3-6-16-40)36(54)46-21-25(49)19-31(46)34(52)44-29(37(55)56)17-22-10-12-23(47)13-11-22/h10-13,24-31,47-49H,1-9,14-21,38-41H2,(H,42,51)(H,43,50)(H,44,52)(H,55,56)/t24-,25-,26+,27+,28+,29+,30+,31+/m1/s1. The quantitative estimate of drug-likeness (QED) is 0.0496. The van der Waals surface area contributed by atoms with Crippen molar-refractivity contribution in [3.05, 3.63) is 29.8 Å². The first-order valence-corrected chi connectivity index (χ1v) is 19.4. The molecule has 2 saturated heterocycles. The van der Waals surface area contributed by atoms with E-state index >= 15 is 0 Å². The molecule has 0 unspecified atom stereocenters. The molecule has 3 rings (SSSR count). The summed E-state index contributed by atoms with van der Waals surface area (Å²) in [6, 6.07) is -1.24. The van der Waals surface area contributed by atoms with Gasteiger partial charge in [-0.15, -0.1) is 0 Å². The van der Waals surface area contributed by atoms with Gasteiger partial charge in [0.1, 0.15) is 36.0 Å². The second-order valence-corrected chi connectivity index (χ2v) is 14.6. The van der Waals surface area contributed by atoms with E-state index in [1.54, 1.807) is 0 Å². The molecule has 0 radical (unpaired) electrons. The van der Waals surface area contributed by atoms with Crippen molar-refractivity contribution >= 4 is 35.5 Å². The molecular formula is C37H61N9O10. The molecule has 1 aromatic carbocycles. The van der Waals surface area contributed by atoms with E-state index in [0.29, 0.717) is 70.1 Å². The van der Waals surface area contributed by atoms with E-state index in [1.807, 2.05) is 0 Å². The van der Waals surface area contributed by atoms with Crippen molar-refractivity contribution in [2.45, 2.75) is 126 Å². The Morgan fingerprint density at radius 3 is 1.62 bits per heavy atom. The zero-order valence-electron chi connectivity index (χ0n) is 31.9. The van der Waals surface area contributed by atoms with E-state index in [1.165, 1.54) is 29.2 Å². The first-order valence-electron chi connectivity index (χ1n) is 19.4. The Hall–Kier alpha value is -4.40. The second-order valence-electron chi connectivity index (χ2n) is 14.6. The lowest BCUT2D eigenvalue weighted by Crippen LogP contribution is -2.59. The molecular weight excluding hydrogens is 730 g/mol. The van der Waals surface area contributed by atoms with Crippen LogP contribution in [0.2, 0.25) is 0 Å². The fraction of sp³-hybridized carbons (Fsp3) is 0.676. The highest BCUT2D eigenvalue weighted by Gasteiger charge is 2.44. The van der Waals surface area contributed by atoms with E-state index in [9.17, 15) is 49.2 Å². The van der Waals surface area contributed by atoms with Crippen molar-refractivity contribution in [2.24, 2.45) is 22.9 Å². The van der Waals surface area contributed by atoms with Gasteiger partial charge in [0.2, 0.25) is 29.5 Å². The molecule has 0 bridgehead atoms. The number of aliphatic hydroxyl groups is 2. The number of aromatic hydroxyl groups is 1. The van der Waals surface area contributed by atoms with Crippen molar-refractivity contribution in [3.63, 3.8) is 0 Å². The van der Waals surface area contributed by atoms with Crippen LogP contribution in [0.25, 0.3) is 0 Å². The van der Waals surface area contributed by atoms with Gasteiger partial charge in [-0.25, -0.2) is 4.79 Å². The number of carbonyl (C=O) groups excluding carboxylic acids is 5. The van der Waals surface area contributed by atoms with Gasteiger partial charge in [0.25, 0.3) is 0 Å². The smallest absolute Gasteiger partial charge is 0.326 e. The molecule has 0 spiro atoms. The molecule has 15 N–H and O–H groups in total. The number of β-amino-alcohol motifs (C(OH)–C–C–N with tert-alkyl or cyclic N) is 2. The molecule has 2 fully saturated rings. The molecule has 2 heterocycles. The Kier molecular flexibility index (Phi) is 18.9. The number of carboxylic acids is 1. The average molecular weight is 792 g/mol. The monoisotopic (exact) mass is 791 g/mol. The molecule has 19 nitrogen and oxygen atoms in total. The number of nitrogens with zero attached hydrogens (tertiary/aromatic N) is 2. The Morgan fingerprint density at radius 1 is 0.661 bits per heavy atom. The number of benzene rings is 1. The zero-order valence-corrected chi connectivity index (χ0v) is 31.9. The number of unbranched alkanes of at least 4 members (excludes halogenated alkanes) is 3. The Labute approximate surface area is 326 Å². The van der Waals surface area contributed by atoms with Crippen molar-refractivity contribution in [2.75, 3.05) is 32.7 Å². The molecule has 0 aliphatic carbocycles. The molecule has 8 atom stereocenters. The topological polar surface area (TPSA) is 330 Å². The molecule has 2 aliphatic rings. The number of carbonyl (C=O) groups is 6. The van der Waals surface area contributed by atoms with Crippen LogP contribution in [-0.4, -0.2) is 147 Å². The number of carboxylic acid groups (broad SMARTS) is 1. The fourth-order valence-electron chi connectivity index (χ4n) is 7.04. The van der Waals surface area contributed by atoms with Crippen molar-refractivity contribution in [3.8, 4) is 5.75 Å². The summed E-state index contributed by atoms with van der Waals surface area (Å²) in [5.41, 5.74) is 23.6. The minimum absolute atomic E-state index is 0.0154. The number of hydrogen-bond acceptors (Lipinski definition) is 13. The Bertz CT molecular complexity index is 1470. The number of likely N-dealkylation sites (tertiary alicyclic amines) is 2. The largest absolute Gasteiger partial charge is 0.508 e. The van der Waals surface area contributed by atoms with Crippen LogP contribution in [0.1, 0.15) is 76.2 Å². The highest BCUT2D eigenvalue weighted by atomic mass is 16.4. The van der Waals surface area contributed by atoms with Gasteiger partial charge in [0.05, 0.1) is 18.2 Å². The summed E-state index contributed by atoms with van der Waals surface area (Å²) in [5.74, 6) is -4.74. The zero-order chi connectivity index (χ0) is 41.4. The molecule has 19 heteroatoms. The van der Waals surface area contributed by atoms with Crippen LogP contribution in [0.3, 0.4) is 0 Å². The van der Waals surface area contributed by atoms with E-state index < -0.39 is 84.0 Å². The Balaban J connectivity index is 1.79. The van der Waals surface area contributed by atoms with Gasteiger partial charge in [-0.05, 0) is 88.7 Å². The molecule has 2 aliphatic heterocycles. The number of hydrogen-bond donors (Lipinski definition) is 11. The molecule has 0 aromatic heterocycles. The minimum Gasteiger partial charge on any atom is -0.508 e. The number of nitrogens with two attached hydrogens (primary N) is 4. The summed E-state index contributed by atoms with van der Waals surface area (Å²) in [4.78, 5) is 83.1. The summed E-state index contributed by atoms with van der Waals surface area (Å²) in [6.45, 7) is 0.697. The van der Waals surface area contributed by atoms with Crippen LogP contribution in [0.5, 0.6) is 5.75 Å². The van der Waals surface area contributed by atoms with Gasteiger partial charge in [-0.2, -0.15) is 0 Å². The lowest BCUT2D eigenvalue weighted by atomic mass is 10.0. The molecule has 1 aromatic rings. The normalized spacial score (nSPS) is 21.5. The summed E-state index contributed by atoms with van der Waals surface area (Å²) in [6.07, 6.45) is 1.25. The van der Waals surface area contributed by atoms with Gasteiger partial charge < -0.3 is 69.1 Å². The maximum absolute atomic E-state index is 14.2. The average Bonchev–Trinajstić information content (AvgIpc) is 3.76. The maximum atomic E-state index is 14.2. The van der Waals surface area contributed by atoms with Crippen LogP contribution < -0.4 is 38.9 Å². The fourth-order valence-corrected chi connectivity index (χ4v) is 7.04. The van der Waals surface area contributed by atoms with Gasteiger partial charge in [0, 0.05) is 32.4 Å². The molecule has 314 valence electrons. The van der Waals surface area contributed by atoms with Crippen LogP contribution in [0.4, 0.5) is 0 Å². The molecule has 5 amide bonds. The van der Waals surface area contributed by atoms with Crippen molar-refractivity contribution in [1.82, 2.24) is 25.8 Å². The number of nitrogens with one attached hydrogen (secondary N) is 3. The number of rotatable bonds is 23. The maximum Gasteiger partial charge on any atom is 0.326 e. The second kappa shape index (κ2) is 23.0. The van der Waals surface area contributed by atoms with E-state index in [4.69, 9.17) is 22.9 Å². The van der Waals surface area contributed by atoms with Gasteiger partial charge >= 0.3 is 5.97 Å². The predicted octanol–water partition coefficient (Wildman–Crippen LogP) is -2.89. The lowest BCUT2D eigenvalue weighted by molar-refractivity contribution is -0.145. The predicted molar refractivity (Wildman–Crippen MR) is 204 cm³/mol. The first-order chi connectivity index (χ1) is 26.7. The highest BCUT2D eigenvalue weighted by molar-refractivity contribution is 5.97. The third-order valence-corrected chi connectivity index (χ3v) is 10.1. The molecule has 0 saturated carbocycles. The van der Waals surface area contributed by atoms with E-state index in [2.05, 4.69) is 16.0 Å². The number of phenols is 1. The van der Waals surface area contributed by atoms with Crippen LogP contribution in [-0.2, 0) is 35.2 Å². The van der Waals surface area contributed by atoms with Crippen molar-refractivity contribution in [1.29, 1.82) is 0 Å². The highest BCUT2D eigenvalue weighted by Crippen LogP contribution is 2.23. The SMILES string of the molecule is NCCCC[C@H](NC(=O)[C@@H]1C[C@@H](O)CN1C(=O)[C@@H](N)CCCCN)C(=O)N[C@@H](CCCCN)C(=O)N1C[C@H](O)C[C@H]1C(=O)N[C@@H](Cc1ccc(O)cc1)C(=O)O. The van der Waals surface area contributed by atoms with Gasteiger partial charge in [-0.3, -0.25) is 24.0 Å². The first kappa shape index (κ1) is 46.0. The van der Waals surface area contributed by atoms with E-state index in [0.717, 1.165) is 4.90 Å². The number of aliphatic carboxylic acids is 1. The Morgan fingerprint density at radius 2 is 1.12 bits per heavy atom. The summed E-state index contributed by atoms with van der Waals surface area (Å²) >= 11 is 0. The van der Waals surface area contributed by atoms with Crippen molar-refractivity contribution < 1.29 is 49.2 Å². The number of aliphatic hydroxyl groups excluding tert-OH is 2. The third kappa shape index (κ3) is 13.7. The third-order valence-electron chi connectivity index (χ3n) is 10.1.